The van der Waals surface area contributed by atoms with E-state index < -0.39 is 14.6 Å². The Morgan fingerprint density at radius 2 is 1.87 bits per heavy atom. The fraction of sp³-hybridized carbons (Fsp3) is 0.286. The minimum atomic E-state index is -3.22. The molecule has 0 aliphatic rings. The van der Waals surface area contributed by atoms with Crippen LogP contribution in [0.3, 0.4) is 0 Å². The van der Waals surface area contributed by atoms with E-state index in [9.17, 15) is 8.42 Å². The number of para-hydroxylation sites is 1. The molecule has 1 N–H and O–H groups in total. The number of nitrogens with zero attached hydrogens (tertiary/aromatic N) is 3. The number of hydrogen-bond acceptors (Lipinski definition) is 8. The molecule has 7 nitrogen and oxygen atoms in total. The minimum Gasteiger partial charge on any atom is -0.493 e. The summed E-state index contributed by atoms with van der Waals surface area (Å²) in [5.41, 5.74) is 1.68. The van der Waals surface area contributed by atoms with Gasteiger partial charge in [-0.2, -0.15) is 0 Å². The lowest BCUT2D eigenvalue weighted by atomic mass is 10.2. The number of rotatable bonds is 6. The maximum atomic E-state index is 12.2. The average molecular weight is 443 g/mol. The Morgan fingerprint density at radius 3 is 2.63 bits per heavy atom. The number of ether oxygens (including phenoxy) is 1. The molecule has 0 aliphatic heterocycles. The van der Waals surface area contributed by atoms with Gasteiger partial charge in [-0.15, -0.1) is 0 Å². The summed E-state index contributed by atoms with van der Waals surface area (Å²) >= 11 is 1.54. The normalized spacial score (nSPS) is 12.4. The van der Waals surface area contributed by atoms with Crippen LogP contribution in [0.5, 0.6) is 5.75 Å². The second-order valence-corrected chi connectivity index (χ2v) is 11.7. The fourth-order valence-electron chi connectivity index (χ4n) is 2.76. The molecule has 0 amide bonds. The summed E-state index contributed by atoms with van der Waals surface area (Å²) in [5, 5.41) is 4.69. The van der Waals surface area contributed by atoms with E-state index >= 15 is 0 Å². The van der Waals surface area contributed by atoms with E-state index in [-0.39, 0.29) is 12.4 Å². The monoisotopic (exact) mass is 442 g/mol. The lowest BCUT2D eigenvalue weighted by Crippen LogP contribution is -2.32. The van der Waals surface area contributed by atoms with Crippen molar-refractivity contribution in [3.8, 4) is 5.75 Å². The van der Waals surface area contributed by atoms with Gasteiger partial charge in [-0.05, 0) is 51.1 Å². The summed E-state index contributed by atoms with van der Waals surface area (Å²) in [6.07, 6.45) is 1.71. The Labute approximate surface area is 179 Å². The van der Waals surface area contributed by atoms with Gasteiger partial charge in [-0.1, -0.05) is 23.5 Å². The number of anilines is 2. The van der Waals surface area contributed by atoms with Gasteiger partial charge in [-0.25, -0.2) is 23.4 Å². The Balaban J connectivity index is 1.46. The van der Waals surface area contributed by atoms with E-state index in [2.05, 4.69) is 20.3 Å². The van der Waals surface area contributed by atoms with Gasteiger partial charge in [0.25, 0.3) is 0 Å². The van der Waals surface area contributed by atoms with Gasteiger partial charge >= 0.3 is 0 Å². The molecule has 0 saturated carbocycles. The van der Waals surface area contributed by atoms with Crippen LogP contribution in [0.15, 0.2) is 48.7 Å². The molecular formula is C21H22N4O3S2. The number of thiazole rings is 1. The van der Waals surface area contributed by atoms with Crippen molar-refractivity contribution in [3.05, 3.63) is 48.7 Å². The first-order chi connectivity index (χ1) is 14.2. The molecule has 2 aromatic carbocycles. The van der Waals surface area contributed by atoms with Crippen LogP contribution in [-0.2, 0) is 9.84 Å². The van der Waals surface area contributed by atoms with Gasteiger partial charge < -0.3 is 4.74 Å². The first kappa shape index (κ1) is 20.5. The van der Waals surface area contributed by atoms with Crippen LogP contribution in [0.1, 0.15) is 20.8 Å². The van der Waals surface area contributed by atoms with Crippen LogP contribution in [0, 0.1) is 0 Å². The highest BCUT2D eigenvalue weighted by molar-refractivity contribution is 7.92. The van der Waals surface area contributed by atoms with E-state index in [0.717, 1.165) is 26.3 Å². The third-order valence-corrected chi connectivity index (χ3v) is 8.14. The van der Waals surface area contributed by atoms with Crippen molar-refractivity contribution in [2.24, 2.45) is 0 Å². The molecular weight excluding hydrogens is 420 g/mol. The zero-order valence-corrected chi connectivity index (χ0v) is 18.5. The fourth-order valence-corrected chi connectivity index (χ4v) is 4.53. The highest BCUT2D eigenvalue weighted by atomic mass is 32.2. The molecule has 2 heterocycles. The van der Waals surface area contributed by atoms with Gasteiger partial charge in [0.05, 0.1) is 26.2 Å². The Kier molecular flexibility index (Phi) is 5.33. The largest absolute Gasteiger partial charge is 0.493 e. The molecule has 4 aromatic rings. The van der Waals surface area contributed by atoms with Crippen LogP contribution < -0.4 is 10.1 Å². The third kappa shape index (κ3) is 4.36. The maximum absolute atomic E-state index is 12.2. The molecule has 0 aliphatic carbocycles. The lowest BCUT2D eigenvalue weighted by molar-refractivity contribution is 0.340. The van der Waals surface area contributed by atoms with Gasteiger partial charge in [0.1, 0.15) is 12.4 Å². The van der Waals surface area contributed by atoms with Crippen molar-refractivity contribution in [1.82, 2.24) is 15.0 Å². The van der Waals surface area contributed by atoms with E-state index in [4.69, 9.17) is 4.74 Å². The van der Waals surface area contributed by atoms with Crippen LogP contribution in [-0.4, -0.2) is 40.5 Å². The number of sulfone groups is 1. The number of hydrogen-bond donors (Lipinski definition) is 1. The van der Waals surface area contributed by atoms with Gasteiger partial charge in [0, 0.05) is 11.6 Å². The van der Waals surface area contributed by atoms with Gasteiger partial charge in [0.2, 0.25) is 5.95 Å². The number of fused-ring (bicyclic) bond motifs is 2. The molecule has 0 spiro atoms. The Morgan fingerprint density at radius 1 is 1.07 bits per heavy atom. The van der Waals surface area contributed by atoms with Gasteiger partial charge in [0.15, 0.2) is 15.0 Å². The molecule has 0 fully saturated rings. The minimum absolute atomic E-state index is 0.0317. The molecule has 0 unspecified atom stereocenters. The zero-order chi connectivity index (χ0) is 21.4. The number of nitrogens with one attached hydrogen (secondary N) is 1. The SMILES string of the molecule is CC(C)(C)S(=O)(=O)CCOc1ccc2nc(Nc3nc4ccccc4s3)ncc2c1. The Hall–Kier alpha value is -2.78. The quantitative estimate of drug-likeness (QED) is 0.467. The topological polar surface area (TPSA) is 94.1 Å². The summed E-state index contributed by atoms with van der Waals surface area (Å²) in [6, 6.07) is 13.3. The molecule has 30 heavy (non-hydrogen) atoms. The second kappa shape index (κ2) is 7.81. The molecule has 156 valence electrons. The zero-order valence-electron chi connectivity index (χ0n) is 16.9. The van der Waals surface area contributed by atoms with Crippen molar-refractivity contribution in [2.45, 2.75) is 25.5 Å². The van der Waals surface area contributed by atoms with Crippen LogP contribution in [0.4, 0.5) is 11.1 Å². The second-order valence-electron chi connectivity index (χ2n) is 7.81. The first-order valence-electron chi connectivity index (χ1n) is 9.46. The molecule has 0 bridgehead atoms. The highest BCUT2D eigenvalue weighted by Crippen LogP contribution is 2.28. The molecule has 2 aromatic heterocycles. The van der Waals surface area contributed by atoms with Crippen molar-refractivity contribution >= 4 is 53.4 Å². The summed E-state index contributed by atoms with van der Waals surface area (Å²) in [6.45, 7) is 5.17. The first-order valence-corrected chi connectivity index (χ1v) is 11.9. The number of aromatic nitrogens is 3. The Bertz CT molecular complexity index is 1280. The average Bonchev–Trinajstić information content (AvgIpc) is 3.09. The predicted molar refractivity (Wildman–Crippen MR) is 121 cm³/mol. The van der Waals surface area contributed by atoms with Crippen molar-refractivity contribution in [2.75, 3.05) is 17.7 Å². The summed E-state index contributed by atoms with van der Waals surface area (Å²) < 4.78 is 30.3. The lowest BCUT2D eigenvalue weighted by Gasteiger charge is -2.19. The summed E-state index contributed by atoms with van der Waals surface area (Å²) in [5.74, 6) is 1.02. The van der Waals surface area contributed by atoms with E-state index in [1.165, 1.54) is 0 Å². The van der Waals surface area contributed by atoms with Crippen molar-refractivity contribution < 1.29 is 13.2 Å². The van der Waals surface area contributed by atoms with E-state index in [0.29, 0.717) is 11.7 Å². The number of benzene rings is 2. The predicted octanol–water partition coefficient (Wildman–Crippen LogP) is 4.58. The molecule has 0 atom stereocenters. The van der Waals surface area contributed by atoms with Crippen molar-refractivity contribution in [1.29, 1.82) is 0 Å². The van der Waals surface area contributed by atoms with E-state index in [1.54, 1.807) is 50.4 Å². The molecule has 0 radical (unpaired) electrons. The van der Waals surface area contributed by atoms with Crippen LogP contribution >= 0.6 is 11.3 Å². The van der Waals surface area contributed by atoms with Crippen LogP contribution in [0.2, 0.25) is 0 Å². The highest BCUT2D eigenvalue weighted by Gasteiger charge is 2.28. The summed E-state index contributed by atoms with van der Waals surface area (Å²) in [7, 11) is -3.22. The third-order valence-electron chi connectivity index (χ3n) is 4.62. The van der Waals surface area contributed by atoms with Crippen molar-refractivity contribution in [3.63, 3.8) is 0 Å². The summed E-state index contributed by atoms with van der Waals surface area (Å²) in [4.78, 5) is 13.4. The molecule has 9 heteroatoms. The standard InChI is InChI=1S/C21H22N4O3S2/c1-21(2,3)30(26,27)11-10-28-15-8-9-16-14(12-15)13-22-19(23-16)25-20-24-17-6-4-5-7-18(17)29-20/h4-9,12-13H,10-11H2,1-3H3,(H,22,23,24,25). The van der Waals surface area contributed by atoms with E-state index in [1.807, 2.05) is 30.3 Å². The maximum Gasteiger partial charge on any atom is 0.229 e. The molecule has 4 rings (SSSR count). The smallest absolute Gasteiger partial charge is 0.229 e. The van der Waals surface area contributed by atoms with Gasteiger partial charge in [-0.3, -0.25) is 5.32 Å². The molecule has 0 saturated heterocycles. The van der Waals surface area contributed by atoms with Crippen LogP contribution in [0.25, 0.3) is 21.1 Å².